The molecule has 1 unspecified atom stereocenters. The van der Waals surface area contributed by atoms with Crippen LogP contribution in [0.4, 0.5) is 0 Å². The number of carbonyl (C=O) groups is 1. The SMILES string of the molecule is CC1CCC(N(C)C(=O)C2CCCCN2S(C)(=O)=O)CC1. The molecule has 1 aliphatic heterocycles. The first-order valence-corrected chi connectivity index (χ1v) is 9.89. The molecule has 1 saturated carbocycles. The van der Waals surface area contributed by atoms with Crippen molar-refractivity contribution in [2.45, 2.75) is 64.0 Å². The van der Waals surface area contributed by atoms with Crippen molar-refractivity contribution in [2.24, 2.45) is 5.92 Å². The number of rotatable bonds is 3. The highest BCUT2D eigenvalue weighted by atomic mass is 32.2. The fourth-order valence-electron chi connectivity index (χ4n) is 3.59. The van der Waals surface area contributed by atoms with Crippen LogP contribution in [0.1, 0.15) is 51.9 Å². The highest BCUT2D eigenvalue weighted by molar-refractivity contribution is 7.88. The zero-order valence-corrected chi connectivity index (χ0v) is 14.2. The zero-order chi connectivity index (χ0) is 15.6. The van der Waals surface area contributed by atoms with E-state index >= 15 is 0 Å². The third-order valence-corrected chi connectivity index (χ3v) is 6.33. The lowest BCUT2D eigenvalue weighted by molar-refractivity contribution is -0.137. The van der Waals surface area contributed by atoms with Gasteiger partial charge in [-0.25, -0.2) is 8.42 Å². The lowest BCUT2D eigenvalue weighted by Gasteiger charge is -2.39. The third-order valence-electron chi connectivity index (χ3n) is 5.05. The average Bonchev–Trinajstić information content (AvgIpc) is 2.45. The maximum absolute atomic E-state index is 12.8. The molecule has 1 atom stereocenters. The molecule has 122 valence electrons. The molecule has 0 aromatic carbocycles. The number of piperidine rings is 1. The standard InChI is InChI=1S/C15H28N2O3S/c1-12-7-9-13(10-8-12)16(2)15(18)14-6-4-5-11-17(14)21(3,19)20/h12-14H,4-11H2,1-3H3. The Kier molecular flexibility index (Phi) is 5.30. The smallest absolute Gasteiger partial charge is 0.241 e. The number of likely N-dealkylation sites (N-methyl/N-ethyl adjacent to an activating group) is 1. The van der Waals surface area contributed by atoms with Crippen LogP contribution in [0.2, 0.25) is 0 Å². The van der Waals surface area contributed by atoms with Gasteiger partial charge < -0.3 is 4.90 Å². The highest BCUT2D eigenvalue weighted by Crippen LogP contribution is 2.28. The first-order valence-electron chi connectivity index (χ1n) is 8.04. The van der Waals surface area contributed by atoms with E-state index in [1.54, 1.807) is 0 Å². The number of carbonyl (C=O) groups excluding carboxylic acids is 1. The summed E-state index contributed by atoms with van der Waals surface area (Å²) in [6, 6.07) is -0.213. The Morgan fingerprint density at radius 3 is 2.29 bits per heavy atom. The van der Waals surface area contributed by atoms with E-state index in [4.69, 9.17) is 0 Å². The van der Waals surface area contributed by atoms with Gasteiger partial charge in [0.2, 0.25) is 15.9 Å². The largest absolute Gasteiger partial charge is 0.341 e. The molecule has 5 nitrogen and oxygen atoms in total. The second kappa shape index (κ2) is 6.65. The van der Waals surface area contributed by atoms with Crippen LogP contribution in [0.25, 0.3) is 0 Å². The summed E-state index contributed by atoms with van der Waals surface area (Å²) < 4.78 is 25.2. The minimum atomic E-state index is -3.31. The molecule has 0 bridgehead atoms. The molecular formula is C15H28N2O3S. The summed E-state index contributed by atoms with van der Waals surface area (Å²) in [5.74, 6) is 0.728. The Hall–Kier alpha value is -0.620. The Balaban J connectivity index is 2.06. The van der Waals surface area contributed by atoms with E-state index in [0.29, 0.717) is 13.0 Å². The molecule has 0 radical (unpaired) electrons. The van der Waals surface area contributed by atoms with Gasteiger partial charge in [-0.15, -0.1) is 0 Å². The van der Waals surface area contributed by atoms with Gasteiger partial charge in [-0.2, -0.15) is 4.31 Å². The van der Waals surface area contributed by atoms with Gasteiger partial charge in [-0.3, -0.25) is 4.79 Å². The quantitative estimate of drug-likeness (QED) is 0.798. The maximum atomic E-state index is 12.8. The van der Waals surface area contributed by atoms with Crippen LogP contribution in [0, 0.1) is 5.92 Å². The molecule has 0 aromatic heterocycles. The van der Waals surface area contributed by atoms with E-state index in [1.807, 2.05) is 11.9 Å². The maximum Gasteiger partial charge on any atom is 0.241 e. The minimum absolute atomic E-state index is 0.0142. The van der Waals surface area contributed by atoms with Crippen molar-refractivity contribution in [1.82, 2.24) is 9.21 Å². The second-order valence-electron chi connectivity index (χ2n) is 6.75. The van der Waals surface area contributed by atoms with Crippen molar-refractivity contribution in [3.05, 3.63) is 0 Å². The Morgan fingerprint density at radius 2 is 1.71 bits per heavy atom. The molecule has 2 rings (SSSR count). The zero-order valence-electron chi connectivity index (χ0n) is 13.4. The van der Waals surface area contributed by atoms with Crippen LogP contribution in [0.5, 0.6) is 0 Å². The van der Waals surface area contributed by atoms with Crippen molar-refractivity contribution in [3.8, 4) is 0 Å². The second-order valence-corrected chi connectivity index (χ2v) is 8.68. The average molecular weight is 316 g/mol. The van der Waals surface area contributed by atoms with Crippen molar-refractivity contribution >= 4 is 15.9 Å². The predicted molar refractivity (Wildman–Crippen MR) is 83.4 cm³/mol. The van der Waals surface area contributed by atoms with Gasteiger partial charge in [0.25, 0.3) is 0 Å². The van der Waals surface area contributed by atoms with Crippen LogP contribution in [-0.4, -0.2) is 55.5 Å². The number of amides is 1. The fraction of sp³-hybridized carbons (Fsp3) is 0.933. The first-order chi connectivity index (χ1) is 9.80. The molecule has 1 saturated heterocycles. The summed E-state index contributed by atoms with van der Waals surface area (Å²) in [4.78, 5) is 14.6. The van der Waals surface area contributed by atoms with Crippen LogP contribution in [-0.2, 0) is 14.8 Å². The summed E-state index contributed by atoms with van der Waals surface area (Å²) in [6.45, 7) is 2.73. The molecule has 6 heteroatoms. The predicted octanol–water partition coefficient (Wildman–Crippen LogP) is 1.84. The van der Waals surface area contributed by atoms with E-state index in [0.717, 1.165) is 44.4 Å². The monoisotopic (exact) mass is 316 g/mol. The molecule has 0 N–H and O–H groups in total. The third kappa shape index (κ3) is 3.97. The minimum Gasteiger partial charge on any atom is -0.341 e. The molecule has 1 amide bonds. The van der Waals surface area contributed by atoms with Crippen LogP contribution in [0.15, 0.2) is 0 Å². The topological polar surface area (TPSA) is 57.7 Å². The number of hydrogen-bond donors (Lipinski definition) is 0. The van der Waals surface area contributed by atoms with Gasteiger partial charge in [-0.1, -0.05) is 13.3 Å². The van der Waals surface area contributed by atoms with Crippen molar-refractivity contribution < 1.29 is 13.2 Å². The van der Waals surface area contributed by atoms with Gasteiger partial charge >= 0.3 is 0 Å². The first kappa shape index (κ1) is 16.7. The van der Waals surface area contributed by atoms with Gasteiger partial charge in [0.1, 0.15) is 6.04 Å². The van der Waals surface area contributed by atoms with Gasteiger partial charge in [0.15, 0.2) is 0 Å². The lowest BCUT2D eigenvalue weighted by Crippen LogP contribution is -2.54. The Labute approximate surface area is 128 Å². The Bertz CT molecular complexity index is 469. The van der Waals surface area contributed by atoms with Crippen LogP contribution < -0.4 is 0 Å². The fourth-order valence-corrected chi connectivity index (χ4v) is 4.71. The van der Waals surface area contributed by atoms with E-state index in [1.165, 1.54) is 10.6 Å². The molecule has 2 aliphatic rings. The van der Waals surface area contributed by atoms with Crippen LogP contribution >= 0.6 is 0 Å². The highest BCUT2D eigenvalue weighted by Gasteiger charge is 2.37. The summed E-state index contributed by atoms with van der Waals surface area (Å²) in [6.07, 6.45) is 8.02. The molecule has 1 heterocycles. The Morgan fingerprint density at radius 1 is 1.10 bits per heavy atom. The van der Waals surface area contributed by atoms with E-state index < -0.39 is 16.1 Å². The number of hydrogen-bond acceptors (Lipinski definition) is 3. The van der Waals surface area contributed by atoms with Gasteiger partial charge in [0.05, 0.1) is 6.26 Å². The van der Waals surface area contributed by atoms with Gasteiger partial charge in [-0.05, 0) is 44.4 Å². The van der Waals surface area contributed by atoms with Gasteiger partial charge in [0, 0.05) is 19.6 Å². The van der Waals surface area contributed by atoms with E-state index in [2.05, 4.69) is 6.92 Å². The normalized spacial score (nSPS) is 31.9. The lowest BCUT2D eigenvalue weighted by atomic mass is 9.86. The van der Waals surface area contributed by atoms with E-state index in [9.17, 15) is 13.2 Å². The molecule has 2 fully saturated rings. The number of nitrogens with zero attached hydrogens (tertiary/aromatic N) is 2. The van der Waals surface area contributed by atoms with Crippen molar-refractivity contribution in [3.63, 3.8) is 0 Å². The molecule has 21 heavy (non-hydrogen) atoms. The van der Waals surface area contributed by atoms with E-state index in [-0.39, 0.29) is 11.9 Å². The summed E-state index contributed by atoms with van der Waals surface area (Å²) in [5.41, 5.74) is 0. The molecular weight excluding hydrogens is 288 g/mol. The summed E-state index contributed by atoms with van der Waals surface area (Å²) >= 11 is 0. The number of sulfonamides is 1. The van der Waals surface area contributed by atoms with Crippen molar-refractivity contribution in [1.29, 1.82) is 0 Å². The summed E-state index contributed by atoms with van der Waals surface area (Å²) in [5, 5.41) is 0. The molecule has 0 aromatic rings. The van der Waals surface area contributed by atoms with Crippen molar-refractivity contribution in [2.75, 3.05) is 19.8 Å². The molecule has 0 spiro atoms. The molecule has 1 aliphatic carbocycles. The summed E-state index contributed by atoms with van der Waals surface area (Å²) in [7, 11) is -1.46. The van der Waals surface area contributed by atoms with Crippen LogP contribution in [0.3, 0.4) is 0 Å².